The van der Waals surface area contributed by atoms with Crippen LogP contribution in [0, 0.1) is 0 Å². The maximum atomic E-state index is 12.0. The van der Waals surface area contributed by atoms with E-state index in [0.29, 0.717) is 21.5 Å². The van der Waals surface area contributed by atoms with Gasteiger partial charge in [0.1, 0.15) is 5.76 Å². The lowest BCUT2D eigenvalue weighted by molar-refractivity contribution is 0.101. The van der Waals surface area contributed by atoms with Gasteiger partial charge in [-0.25, -0.2) is 0 Å². The van der Waals surface area contributed by atoms with Gasteiger partial charge in [-0.05, 0) is 24.6 Å². The van der Waals surface area contributed by atoms with Gasteiger partial charge in [-0.1, -0.05) is 35.3 Å². The quantitative estimate of drug-likeness (QED) is 0.921. The molecule has 19 heavy (non-hydrogen) atoms. The zero-order valence-electron chi connectivity index (χ0n) is 10.2. The van der Waals surface area contributed by atoms with Crippen molar-refractivity contribution in [1.82, 2.24) is 5.16 Å². The maximum Gasteiger partial charge on any atom is 0.277 e. The lowest BCUT2D eigenvalue weighted by Gasteiger charge is -2.05. The van der Waals surface area contributed by atoms with E-state index in [-0.39, 0.29) is 11.6 Å². The molecular formula is C13H12Cl2N2O2. The summed E-state index contributed by atoms with van der Waals surface area (Å²) in [5.74, 6) is 0.306. The molecule has 0 aliphatic rings. The molecule has 0 saturated heterocycles. The van der Waals surface area contributed by atoms with Gasteiger partial charge in [-0.15, -0.1) is 0 Å². The Morgan fingerprint density at radius 3 is 2.89 bits per heavy atom. The second-order valence-electron chi connectivity index (χ2n) is 4.01. The molecule has 0 aliphatic heterocycles. The molecule has 6 heteroatoms. The molecule has 2 aromatic rings. The van der Waals surface area contributed by atoms with Crippen molar-refractivity contribution >= 4 is 34.8 Å². The third-order valence-corrected chi connectivity index (χ3v) is 3.03. The highest BCUT2D eigenvalue weighted by Gasteiger charge is 2.14. The van der Waals surface area contributed by atoms with Crippen molar-refractivity contribution in [2.24, 2.45) is 0 Å². The van der Waals surface area contributed by atoms with Gasteiger partial charge < -0.3 is 9.84 Å². The predicted octanol–water partition coefficient (Wildman–Crippen LogP) is 4.19. The molecule has 2 rings (SSSR count). The van der Waals surface area contributed by atoms with Crippen molar-refractivity contribution in [3.63, 3.8) is 0 Å². The summed E-state index contributed by atoms with van der Waals surface area (Å²) in [4.78, 5) is 12.0. The second-order valence-corrected chi connectivity index (χ2v) is 4.85. The topological polar surface area (TPSA) is 55.1 Å². The van der Waals surface area contributed by atoms with E-state index in [1.165, 1.54) is 0 Å². The Kier molecular flexibility index (Phi) is 4.45. The number of amides is 1. The van der Waals surface area contributed by atoms with Crippen LogP contribution < -0.4 is 5.32 Å². The number of carbonyl (C=O) groups excluding carboxylic acids is 1. The summed E-state index contributed by atoms with van der Waals surface area (Å²) < 4.78 is 5.05. The van der Waals surface area contributed by atoms with Crippen molar-refractivity contribution in [1.29, 1.82) is 0 Å². The largest absolute Gasteiger partial charge is 0.361 e. The normalized spacial score (nSPS) is 10.5. The van der Waals surface area contributed by atoms with Crippen molar-refractivity contribution in [3.8, 4) is 0 Å². The summed E-state index contributed by atoms with van der Waals surface area (Å²) in [5, 5.41) is 7.27. The van der Waals surface area contributed by atoms with Crippen LogP contribution in [0.1, 0.15) is 29.6 Å². The summed E-state index contributed by atoms with van der Waals surface area (Å²) in [6.07, 6.45) is 1.68. The van der Waals surface area contributed by atoms with Gasteiger partial charge in [-0.2, -0.15) is 0 Å². The molecule has 1 heterocycles. The highest BCUT2D eigenvalue weighted by atomic mass is 35.5. The molecule has 100 valence electrons. The first-order chi connectivity index (χ1) is 9.10. The monoisotopic (exact) mass is 298 g/mol. The molecule has 1 aromatic heterocycles. The summed E-state index contributed by atoms with van der Waals surface area (Å²) in [6.45, 7) is 2.02. The number of hydrogen-bond acceptors (Lipinski definition) is 3. The average molecular weight is 299 g/mol. The van der Waals surface area contributed by atoms with Crippen molar-refractivity contribution < 1.29 is 9.32 Å². The Bertz CT molecular complexity index is 596. The van der Waals surface area contributed by atoms with Crippen LogP contribution in [0.4, 0.5) is 5.69 Å². The minimum absolute atomic E-state index is 0.222. The van der Waals surface area contributed by atoms with Gasteiger partial charge in [0.2, 0.25) is 0 Å². The van der Waals surface area contributed by atoms with E-state index >= 15 is 0 Å². The molecule has 0 bridgehead atoms. The summed E-state index contributed by atoms with van der Waals surface area (Å²) in [6, 6.07) is 6.46. The van der Waals surface area contributed by atoms with Gasteiger partial charge in [-0.3, -0.25) is 4.79 Å². The molecule has 4 nitrogen and oxygen atoms in total. The highest BCUT2D eigenvalue weighted by Crippen LogP contribution is 2.25. The van der Waals surface area contributed by atoms with Crippen LogP contribution in [0.25, 0.3) is 0 Å². The van der Waals surface area contributed by atoms with E-state index < -0.39 is 0 Å². The van der Waals surface area contributed by atoms with Crippen molar-refractivity contribution in [2.45, 2.75) is 19.8 Å². The molecule has 0 radical (unpaired) electrons. The lowest BCUT2D eigenvalue weighted by atomic mass is 10.2. The average Bonchev–Trinajstić information content (AvgIpc) is 2.83. The van der Waals surface area contributed by atoms with E-state index in [4.69, 9.17) is 27.7 Å². The van der Waals surface area contributed by atoms with Gasteiger partial charge in [0.15, 0.2) is 5.69 Å². The Morgan fingerprint density at radius 1 is 1.37 bits per heavy atom. The number of hydrogen-bond donors (Lipinski definition) is 1. The van der Waals surface area contributed by atoms with Crippen LogP contribution in [-0.4, -0.2) is 11.1 Å². The van der Waals surface area contributed by atoms with Gasteiger partial charge in [0, 0.05) is 17.5 Å². The smallest absolute Gasteiger partial charge is 0.277 e. The number of anilines is 1. The molecule has 1 amide bonds. The molecule has 0 aliphatic carbocycles. The minimum Gasteiger partial charge on any atom is -0.361 e. The maximum absolute atomic E-state index is 12.0. The minimum atomic E-state index is -0.379. The molecule has 1 aromatic carbocycles. The van der Waals surface area contributed by atoms with Gasteiger partial charge >= 0.3 is 0 Å². The number of aryl methyl sites for hydroxylation is 1. The Morgan fingerprint density at radius 2 is 2.16 bits per heavy atom. The summed E-state index contributed by atoms with van der Waals surface area (Å²) in [5.41, 5.74) is 0.665. The number of carbonyl (C=O) groups is 1. The molecule has 0 atom stereocenters. The lowest BCUT2D eigenvalue weighted by Crippen LogP contribution is -2.12. The zero-order valence-corrected chi connectivity index (χ0v) is 11.8. The first kappa shape index (κ1) is 13.9. The van der Waals surface area contributed by atoms with E-state index in [0.717, 1.165) is 12.8 Å². The second kappa shape index (κ2) is 6.08. The first-order valence-electron chi connectivity index (χ1n) is 5.82. The first-order valence-corrected chi connectivity index (χ1v) is 6.57. The summed E-state index contributed by atoms with van der Waals surface area (Å²) in [7, 11) is 0. The number of halogens is 2. The Hall–Kier alpha value is -1.52. The number of nitrogens with one attached hydrogen (secondary N) is 1. The highest BCUT2D eigenvalue weighted by molar-refractivity contribution is 6.35. The van der Waals surface area contributed by atoms with Crippen molar-refractivity contribution in [2.75, 3.05) is 5.32 Å². The zero-order chi connectivity index (χ0) is 13.8. The number of aromatic nitrogens is 1. The Balaban J connectivity index is 2.13. The number of nitrogens with zero attached hydrogens (tertiary/aromatic N) is 1. The molecule has 0 spiro atoms. The molecule has 0 fully saturated rings. The molecule has 1 N–H and O–H groups in total. The van der Waals surface area contributed by atoms with Gasteiger partial charge in [0.25, 0.3) is 5.91 Å². The van der Waals surface area contributed by atoms with Gasteiger partial charge in [0.05, 0.1) is 10.7 Å². The van der Waals surface area contributed by atoms with Crippen molar-refractivity contribution in [3.05, 3.63) is 45.8 Å². The Labute approximate surface area is 120 Å². The summed E-state index contributed by atoms with van der Waals surface area (Å²) >= 11 is 11.8. The molecule has 0 saturated carbocycles. The fourth-order valence-electron chi connectivity index (χ4n) is 1.56. The van der Waals surface area contributed by atoms with Crippen LogP contribution in [0.2, 0.25) is 10.0 Å². The fraction of sp³-hybridized carbons (Fsp3) is 0.231. The van der Waals surface area contributed by atoms with Crippen LogP contribution in [-0.2, 0) is 6.42 Å². The standard InChI is InChI=1S/C13H12Cl2N2O2/c1-2-3-9-7-12(17-19-9)13(18)16-11-6-8(14)4-5-10(11)15/h4-7H,2-3H2,1H3,(H,16,18). The van der Waals surface area contributed by atoms with E-state index in [9.17, 15) is 4.79 Å². The number of benzene rings is 1. The third kappa shape index (κ3) is 3.49. The van der Waals surface area contributed by atoms with Crippen LogP contribution >= 0.6 is 23.2 Å². The van der Waals surface area contributed by atoms with E-state index in [1.807, 2.05) is 6.92 Å². The predicted molar refractivity (Wildman–Crippen MR) is 74.9 cm³/mol. The van der Waals surface area contributed by atoms with Crippen LogP contribution in [0.15, 0.2) is 28.8 Å². The SMILES string of the molecule is CCCc1cc(C(=O)Nc2cc(Cl)ccc2Cl)no1. The van der Waals surface area contributed by atoms with E-state index in [2.05, 4.69) is 10.5 Å². The fourth-order valence-corrected chi connectivity index (χ4v) is 1.90. The third-order valence-electron chi connectivity index (χ3n) is 2.46. The molecule has 0 unspecified atom stereocenters. The van der Waals surface area contributed by atoms with Crippen LogP contribution in [0.3, 0.4) is 0 Å². The van der Waals surface area contributed by atoms with E-state index in [1.54, 1.807) is 24.3 Å². The molecular weight excluding hydrogens is 287 g/mol. The van der Waals surface area contributed by atoms with Crippen LogP contribution in [0.5, 0.6) is 0 Å². The number of rotatable bonds is 4.